The summed E-state index contributed by atoms with van der Waals surface area (Å²) in [6.45, 7) is 8.95. The molecule has 2 aromatic carbocycles. The monoisotopic (exact) mass is 360 g/mol. The van der Waals surface area contributed by atoms with E-state index < -0.39 is 0 Å². The summed E-state index contributed by atoms with van der Waals surface area (Å²) >= 11 is 0. The second-order valence-electron chi connectivity index (χ2n) is 6.88. The number of carbonyl (C=O) groups excluding carboxylic acids is 2. The van der Waals surface area contributed by atoms with Crippen molar-refractivity contribution < 1.29 is 9.59 Å². The quantitative estimate of drug-likeness (QED) is 0.824. The fourth-order valence-corrected chi connectivity index (χ4v) is 3.35. The minimum absolute atomic E-state index is 0.00678. The SMILES string of the molecule is C=CC(=O)Nc1ccc(C(=O)N2CC=C(c3cc(C)cc(C)c3)CC2)cc1. The van der Waals surface area contributed by atoms with Crippen LogP contribution in [0.3, 0.4) is 0 Å². The maximum absolute atomic E-state index is 12.7. The Labute approximate surface area is 160 Å². The normalized spacial score (nSPS) is 13.7. The van der Waals surface area contributed by atoms with Crippen molar-refractivity contribution in [2.45, 2.75) is 20.3 Å². The van der Waals surface area contributed by atoms with E-state index in [1.165, 1.54) is 28.3 Å². The van der Waals surface area contributed by atoms with Crippen LogP contribution in [0.5, 0.6) is 0 Å². The molecule has 2 aromatic rings. The van der Waals surface area contributed by atoms with Gasteiger partial charge in [0.15, 0.2) is 0 Å². The number of benzene rings is 2. The van der Waals surface area contributed by atoms with E-state index in [2.05, 4.69) is 50.0 Å². The van der Waals surface area contributed by atoms with E-state index in [0.29, 0.717) is 24.3 Å². The highest BCUT2D eigenvalue weighted by Gasteiger charge is 2.19. The Morgan fingerprint density at radius 1 is 1.07 bits per heavy atom. The molecule has 0 unspecified atom stereocenters. The van der Waals surface area contributed by atoms with Crippen molar-refractivity contribution in [3.8, 4) is 0 Å². The molecule has 0 aliphatic carbocycles. The van der Waals surface area contributed by atoms with E-state index in [-0.39, 0.29) is 11.8 Å². The Morgan fingerprint density at radius 3 is 2.30 bits per heavy atom. The number of amides is 2. The number of nitrogens with zero attached hydrogens (tertiary/aromatic N) is 1. The largest absolute Gasteiger partial charge is 0.335 e. The minimum Gasteiger partial charge on any atom is -0.335 e. The van der Waals surface area contributed by atoms with Crippen molar-refractivity contribution in [3.05, 3.63) is 83.4 Å². The average Bonchev–Trinajstić information content (AvgIpc) is 2.67. The first kappa shape index (κ1) is 18.6. The second-order valence-corrected chi connectivity index (χ2v) is 6.88. The van der Waals surface area contributed by atoms with Crippen molar-refractivity contribution in [1.82, 2.24) is 4.90 Å². The molecule has 138 valence electrons. The molecule has 4 heteroatoms. The van der Waals surface area contributed by atoms with Gasteiger partial charge in [0.2, 0.25) is 5.91 Å². The van der Waals surface area contributed by atoms with E-state index in [1.807, 2.05) is 4.90 Å². The molecule has 27 heavy (non-hydrogen) atoms. The maximum atomic E-state index is 12.7. The van der Waals surface area contributed by atoms with Gasteiger partial charge >= 0.3 is 0 Å². The number of carbonyl (C=O) groups is 2. The van der Waals surface area contributed by atoms with E-state index in [4.69, 9.17) is 0 Å². The highest BCUT2D eigenvalue weighted by molar-refractivity contribution is 6.00. The van der Waals surface area contributed by atoms with Gasteiger partial charge in [0.25, 0.3) is 5.91 Å². The van der Waals surface area contributed by atoms with Gasteiger partial charge in [-0.1, -0.05) is 42.0 Å². The Balaban J connectivity index is 1.68. The summed E-state index contributed by atoms with van der Waals surface area (Å²) in [7, 11) is 0. The first-order valence-corrected chi connectivity index (χ1v) is 9.07. The molecule has 1 N–H and O–H groups in total. The molecular weight excluding hydrogens is 336 g/mol. The van der Waals surface area contributed by atoms with Gasteiger partial charge in [0, 0.05) is 24.3 Å². The zero-order valence-corrected chi connectivity index (χ0v) is 15.8. The highest BCUT2D eigenvalue weighted by atomic mass is 16.2. The molecule has 0 fully saturated rings. The standard InChI is InChI=1S/C23H24N2O2/c1-4-22(26)24-21-7-5-19(6-8-21)23(27)25-11-9-18(10-12-25)20-14-16(2)13-17(3)15-20/h4-9,13-15H,1,10-12H2,2-3H3,(H,24,26). The number of nitrogens with one attached hydrogen (secondary N) is 1. The molecule has 0 saturated heterocycles. The van der Waals surface area contributed by atoms with Crippen LogP contribution in [-0.4, -0.2) is 29.8 Å². The van der Waals surface area contributed by atoms with Crippen LogP contribution in [-0.2, 0) is 4.79 Å². The van der Waals surface area contributed by atoms with Gasteiger partial charge in [-0.3, -0.25) is 9.59 Å². The summed E-state index contributed by atoms with van der Waals surface area (Å²) in [6, 6.07) is 13.5. The molecular formula is C23H24N2O2. The number of hydrogen-bond acceptors (Lipinski definition) is 2. The van der Waals surface area contributed by atoms with Crippen LogP contribution >= 0.6 is 0 Å². The lowest BCUT2D eigenvalue weighted by Crippen LogP contribution is -2.34. The molecule has 0 spiro atoms. The summed E-state index contributed by atoms with van der Waals surface area (Å²) < 4.78 is 0. The van der Waals surface area contributed by atoms with Gasteiger partial charge in [-0.2, -0.15) is 0 Å². The third-order valence-corrected chi connectivity index (χ3v) is 4.67. The van der Waals surface area contributed by atoms with Gasteiger partial charge in [-0.05, 0) is 61.7 Å². The van der Waals surface area contributed by atoms with Crippen molar-refractivity contribution in [2.75, 3.05) is 18.4 Å². The number of aryl methyl sites for hydroxylation is 2. The Morgan fingerprint density at radius 2 is 1.74 bits per heavy atom. The lowest BCUT2D eigenvalue weighted by molar-refractivity contribution is -0.111. The molecule has 0 saturated carbocycles. The van der Waals surface area contributed by atoms with Gasteiger partial charge in [-0.25, -0.2) is 0 Å². The summed E-state index contributed by atoms with van der Waals surface area (Å²) in [4.78, 5) is 25.9. The lowest BCUT2D eigenvalue weighted by Gasteiger charge is -2.27. The molecule has 0 atom stereocenters. The van der Waals surface area contributed by atoms with E-state index in [9.17, 15) is 9.59 Å². The van der Waals surface area contributed by atoms with Gasteiger partial charge < -0.3 is 10.2 Å². The van der Waals surface area contributed by atoms with Crippen LogP contribution in [0.1, 0.15) is 33.5 Å². The number of rotatable bonds is 4. The molecule has 1 aliphatic rings. The third kappa shape index (κ3) is 4.53. The van der Waals surface area contributed by atoms with Crippen LogP contribution in [0.2, 0.25) is 0 Å². The zero-order chi connectivity index (χ0) is 19.4. The van der Waals surface area contributed by atoms with Crippen LogP contribution in [0.4, 0.5) is 5.69 Å². The fourth-order valence-electron chi connectivity index (χ4n) is 3.35. The zero-order valence-electron chi connectivity index (χ0n) is 15.8. The first-order valence-electron chi connectivity index (χ1n) is 9.07. The van der Waals surface area contributed by atoms with Crippen molar-refractivity contribution in [1.29, 1.82) is 0 Å². The predicted molar refractivity (Wildman–Crippen MR) is 110 cm³/mol. The summed E-state index contributed by atoms with van der Waals surface area (Å²) in [5.74, 6) is -0.263. The van der Waals surface area contributed by atoms with Gasteiger partial charge in [0.05, 0.1) is 0 Å². The van der Waals surface area contributed by atoms with Crippen molar-refractivity contribution >= 4 is 23.1 Å². The van der Waals surface area contributed by atoms with E-state index >= 15 is 0 Å². The Kier molecular flexibility index (Phi) is 5.55. The summed E-state index contributed by atoms with van der Waals surface area (Å²) in [5, 5.41) is 2.68. The number of anilines is 1. The summed E-state index contributed by atoms with van der Waals surface area (Å²) in [5.41, 5.74) is 6.33. The van der Waals surface area contributed by atoms with Crippen molar-refractivity contribution in [3.63, 3.8) is 0 Å². The molecule has 1 heterocycles. The van der Waals surface area contributed by atoms with Gasteiger partial charge in [0.1, 0.15) is 0 Å². The average molecular weight is 360 g/mol. The Hall–Kier alpha value is -3.14. The second kappa shape index (κ2) is 8.04. The molecule has 0 radical (unpaired) electrons. The maximum Gasteiger partial charge on any atom is 0.254 e. The third-order valence-electron chi connectivity index (χ3n) is 4.67. The topological polar surface area (TPSA) is 49.4 Å². The molecule has 0 aromatic heterocycles. The summed E-state index contributed by atoms with van der Waals surface area (Å²) in [6.07, 6.45) is 4.21. The predicted octanol–water partition coefficient (Wildman–Crippen LogP) is 4.36. The van der Waals surface area contributed by atoms with Crippen LogP contribution in [0.15, 0.2) is 61.2 Å². The molecule has 1 aliphatic heterocycles. The van der Waals surface area contributed by atoms with E-state index in [1.54, 1.807) is 24.3 Å². The van der Waals surface area contributed by atoms with E-state index in [0.717, 1.165) is 6.42 Å². The van der Waals surface area contributed by atoms with Crippen LogP contribution < -0.4 is 5.32 Å². The van der Waals surface area contributed by atoms with Gasteiger partial charge in [-0.15, -0.1) is 0 Å². The van der Waals surface area contributed by atoms with Crippen molar-refractivity contribution in [2.24, 2.45) is 0 Å². The minimum atomic E-state index is -0.269. The first-order chi connectivity index (χ1) is 13.0. The smallest absolute Gasteiger partial charge is 0.254 e. The lowest BCUT2D eigenvalue weighted by atomic mass is 9.96. The van der Waals surface area contributed by atoms with Crippen LogP contribution in [0, 0.1) is 13.8 Å². The Bertz CT molecular complexity index is 890. The highest BCUT2D eigenvalue weighted by Crippen LogP contribution is 2.25. The molecule has 2 amide bonds. The molecule has 3 rings (SSSR count). The molecule has 4 nitrogen and oxygen atoms in total. The van der Waals surface area contributed by atoms with Crippen LogP contribution in [0.25, 0.3) is 5.57 Å². The fraction of sp³-hybridized carbons (Fsp3) is 0.217. The molecule has 0 bridgehead atoms. The number of hydrogen-bond donors (Lipinski definition) is 1.